The van der Waals surface area contributed by atoms with Gasteiger partial charge in [-0.2, -0.15) is 0 Å². The van der Waals surface area contributed by atoms with Crippen molar-refractivity contribution in [1.82, 2.24) is 0 Å². The molecule has 0 saturated heterocycles. The van der Waals surface area contributed by atoms with Gasteiger partial charge in [-0.05, 0) is 25.3 Å². The van der Waals surface area contributed by atoms with Crippen LogP contribution in [0.5, 0.6) is 0 Å². The van der Waals surface area contributed by atoms with E-state index in [2.05, 4.69) is 50.3 Å². The molecule has 13 heavy (non-hydrogen) atoms. The average Bonchev–Trinajstić information content (AvgIpc) is 2.13. The Morgan fingerprint density at radius 1 is 1.23 bits per heavy atom. The van der Waals surface area contributed by atoms with Crippen molar-refractivity contribution in [3.63, 3.8) is 0 Å². The van der Waals surface area contributed by atoms with Gasteiger partial charge in [-0.25, -0.2) is 0 Å². The predicted molar refractivity (Wildman–Crippen MR) is 58.9 cm³/mol. The van der Waals surface area contributed by atoms with E-state index in [0.717, 1.165) is 6.42 Å². The van der Waals surface area contributed by atoms with Crippen molar-refractivity contribution in [3.8, 4) is 0 Å². The van der Waals surface area contributed by atoms with E-state index >= 15 is 0 Å². The first-order valence-electron chi connectivity index (χ1n) is 5.03. The van der Waals surface area contributed by atoms with Crippen molar-refractivity contribution >= 4 is 0 Å². The lowest BCUT2D eigenvalue weighted by molar-refractivity contribution is 0.953. The Balaban J connectivity index is 2.45. The molecule has 0 heterocycles. The van der Waals surface area contributed by atoms with Gasteiger partial charge in [0.15, 0.2) is 0 Å². The van der Waals surface area contributed by atoms with Gasteiger partial charge in [0.1, 0.15) is 0 Å². The monoisotopic (exact) mass is 174 g/mol. The summed E-state index contributed by atoms with van der Waals surface area (Å²) < 4.78 is 0. The molecule has 0 aliphatic rings. The Morgan fingerprint density at radius 2 is 2.08 bits per heavy atom. The molecule has 70 valence electrons. The molecule has 0 atom stereocenters. The lowest BCUT2D eigenvalue weighted by Crippen LogP contribution is -1.81. The van der Waals surface area contributed by atoms with Crippen LogP contribution in [0.1, 0.15) is 30.9 Å². The fourth-order valence-corrected chi connectivity index (χ4v) is 1.34. The molecule has 0 heteroatoms. The summed E-state index contributed by atoms with van der Waals surface area (Å²) in [4.78, 5) is 0. The molecular weight excluding hydrogens is 156 g/mol. The van der Waals surface area contributed by atoms with Crippen molar-refractivity contribution in [1.29, 1.82) is 0 Å². The van der Waals surface area contributed by atoms with Gasteiger partial charge in [0.05, 0.1) is 0 Å². The summed E-state index contributed by atoms with van der Waals surface area (Å²) in [6.07, 6.45) is 8.04. The maximum Gasteiger partial charge on any atom is -0.00974 e. The molecule has 0 aliphatic heterocycles. The number of aryl methyl sites for hydroxylation is 1. The Kier molecular flexibility index (Phi) is 4.31. The predicted octanol–water partition coefficient (Wildman–Crippen LogP) is 3.89. The summed E-state index contributed by atoms with van der Waals surface area (Å²) in [6.45, 7) is 4.34. The Morgan fingerprint density at radius 3 is 2.77 bits per heavy atom. The van der Waals surface area contributed by atoms with Gasteiger partial charge in [0.2, 0.25) is 0 Å². The molecule has 0 fully saturated rings. The van der Waals surface area contributed by atoms with E-state index in [1.165, 1.54) is 24.0 Å². The topological polar surface area (TPSA) is 0 Å². The number of unbranched alkanes of at least 4 members (excludes halogenated alkanes) is 1. The van der Waals surface area contributed by atoms with Crippen LogP contribution in [0.4, 0.5) is 0 Å². The molecule has 0 aromatic heterocycles. The first kappa shape index (κ1) is 10.0. The minimum atomic E-state index is 1.07. The zero-order chi connectivity index (χ0) is 9.52. The Hall–Kier alpha value is -1.04. The molecule has 0 N–H and O–H groups in total. The average molecular weight is 174 g/mol. The van der Waals surface area contributed by atoms with Crippen molar-refractivity contribution in [2.75, 3.05) is 0 Å². The first-order chi connectivity index (χ1) is 6.33. The number of hydrogen-bond acceptors (Lipinski definition) is 0. The van der Waals surface area contributed by atoms with Crippen LogP contribution in [0, 0.1) is 6.92 Å². The fourth-order valence-electron chi connectivity index (χ4n) is 1.34. The van der Waals surface area contributed by atoms with E-state index in [4.69, 9.17) is 0 Å². The van der Waals surface area contributed by atoms with Gasteiger partial charge in [0, 0.05) is 0 Å². The van der Waals surface area contributed by atoms with Gasteiger partial charge in [-0.3, -0.25) is 0 Å². The zero-order valence-corrected chi connectivity index (χ0v) is 8.59. The Labute approximate surface area is 81.3 Å². The summed E-state index contributed by atoms with van der Waals surface area (Å²) in [5.41, 5.74) is 2.76. The molecule has 1 aromatic carbocycles. The summed E-state index contributed by atoms with van der Waals surface area (Å²) in [7, 11) is 0. The van der Waals surface area contributed by atoms with Crippen LogP contribution in [0.3, 0.4) is 0 Å². The maximum absolute atomic E-state index is 2.27. The number of hydrogen-bond donors (Lipinski definition) is 0. The van der Waals surface area contributed by atoms with Crippen LogP contribution in [0.15, 0.2) is 36.4 Å². The third kappa shape index (κ3) is 3.93. The second-order valence-corrected chi connectivity index (χ2v) is 3.45. The van der Waals surface area contributed by atoms with Crippen molar-refractivity contribution < 1.29 is 0 Å². The Bertz CT molecular complexity index is 271. The highest BCUT2D eigenvalue weighted by Gasteiger charge is 1.88. The van der Waals surface area contributed by atoms with E-state index in [1.807, 2.05) is 0 Å². The molecule has 0 radical (unpaired) electrons. The number of allylic oxidation sites excluding steroid dienone is 2. The van der Waals surface area contributed by atoms with Crippen LogP contribution in [0.2, 0.25) is 0 Å². The first-order valence-corrected chi connectivity index (χ1v) is 5.03. The highest BCUT2D eigenvalue weighted by atomic mass is 13.9. The fraction of sp³-hybridized carbons (Fsp3) is 0.385. The lowest BCUT2D eigenvalue weighted by Gasteiger charge is -1.97. The van der Waals surface area contributed by atoms with Crippen LogP contribution < -0.4 is 0 Å². The van der Waals surface area contributed by atoms with E-state index in [0.29, 0.717) is 0 Å². The molecule has 0 nitrogen and oxygen atoms in total. The second kappa shape index (κ2) is 5.58. The molecule has 1 rings (SSSR count). The second-order valence-electron chi connectivity index (χ2n) is 3.45. The highest BCUT2D eigenvalue weighted by Crippen LogP contribution is 2.05. The van der Waals surface area contributed by atoms with E-state index in [-0.39, 0.29) is 0 Å². The maximum atomic E-state index is 2.27. The highest BCUT2D eigenvalue weighted by molar-refractivity contribution is 5.23. The number of rotatable bonds is 4. The van der Waals surface area contributed by atoms with Crippen molar-refractivity contribution in [2.45, 2.75) is 33.1 Å². The van der Waals surface area contributed by atoms with E-state index in [9.17, 15) is 0 Å². The van der Waals surface area contributed by atoms with Gasteiger partial charge in [-0.15, -0.1) is 0 Å². The minimum Gasteiger partial charge on any atom is -0.0882 e. The molecule has 0 unspecified atom stereocenters. The SMILES string of the molecule is CCC/C=C/Cc1cccc(C)c1. The standard InChI is InChI=1S/C13H18/c1-3-4-5-6-9-13-10-7-8-12(2)11-13/h5-8,10-11H,3-4,9H2,1-2H3/b6-5+. The van der Waals surface area contributed by atoms with Crippen molar-refractivity contribution in [2.24, 2.45) is 0 Å². The van der Waals surface area contributed by atoms with E-state index in [1.54, 1.807) is 0 Å². The summed E-state index contributed by atoms with van der Waals surface area (Å²) in [5, 5.41) is 0. The molecule has 0 bridgehead atoms. The van der Waals surface area contributed by atoms with Crippen molar-refractivity contribution in [3.05, 3.63) is 47.5 Å². The zero-order valence-electron chi connectivity index (χ0n) is 8.59. The molecule has 0 amide bonds. The lowest BCUT2D eigenvalue weighted by atomic mass is 10.1. The minimum absolute atomic E-state index is 1.07. The molecule has 0 saturated carbocycles. The van der Waals surface area contributed by atoms with Crippen LogP contribution in [-0.4, -0.2) is 0 Å². The molecule has 0 spiro atoms. The summed E-state index contributed by atoms with van der Waals surface area (Å²) >= 11 is 0. The van der Waals surface area contributed by atoms with Gasteiger partial charge in [0.25, 0.3) is 0 Å². The third-order valence-electron chi connectivity index (χ3n) is 2.06. The largest absolute Gasteiger partial charge is 0.0882 e. The van der Waals surface area contributed by atoms with Gasteiger partial charge >= 0.3 is 0 Å². The normalized spacial score (nSPS) is 10.9. The summed E-state index contributed by atoms with van der Waals surface area (Å²) in [6, 6.07) is 8.69. The summed E-state index contributed by atoms with van der Waals surface area (Å²) in [5.74, 6) is 0. The molecule has 0 aliphatic carbocycles. The number of benzene rings is 1. The van der Waals surface area contributed by atoms with E-state index < -0.39 is 0 Å². The smallest absolute Gasteiger partial charge is 0.00974 e. The quantitative estimate of drug-likeness (QED) is 0.607. The molecule has 1 aromatic rings. The van der Waals surface area contributed by atoms with Gasteiger partial charge in [-0.1, -0.05) is 55.3 Å². The van der Waals surface area contributed by atoms with Crippen LogP contribution in [0.25, 0.3) is 0 Å². The van der Waals surface area contributed by atoms with Crippen LogP contribution >= 0.6 is 0 Å². The molecular formula is C13H18. The van der Waals surface area contributed by atoms with Gasteiger partial charge < -0.3 is 0 Å². The van der Waals surface area contributed by atoms with Crippen LogP contribution in [-0.2, 0) is 6.42 Å². The third-order valence-corrected chi connectivity index (χ3v) is 2.06.